The fourth-order valence-corrected chi connectivity index (χ4v) is 5.97. The van der Waals surface area contributed by atoms with E-state index in [1.807, 2.05) is 60.9 Å². The summed E-state index contributed by atoms with van der Waals surface area (Å²) in [6.45, 7) is 7.52. The molecule has 2 heterocycles. The highest BCUT2D eigenvalue weighted by atomic mass is 19.1. The van der Waals surface area contributed by atoms with Crippen LogP contribution in [0.25, 0.3) is 28.3 Å². The fraction of sp³-hybridized carbons (Fsp3) is 0.316. The van der Waals surface area contributed by atoms with E-state index >= 15 is 0 Å². The van der Waals surface area contributed by atoms with Gasteiger partial charge in [-0.05, 0) is 74.7 Å². The zero-order chi connectivity index (χ0) is 33.7. The maximum absolute atomic E-state index is 14.2. The van der Waals surface area contributed by atoms with Crippen molar-refractivity contribution in [2.45, 2.75) is 71.2 Å². The molecule has 2 atom stereocenters. The first-order chi connectivity index (χ1) is 22.5. The maximum Gasteiger partial charge on any atom is 0.355 e. The SMILES string of the molecule is COC(=O)C[C@H]1C[C@H](C=Cc2c(-c3ccc(F)cc3)c(-c3ccc(F)cc3)c(C(=O)OCc3ccccc3)n2C(C)C)OC(C)(C)O1. The number of rotatable bonds is 10. The molecule has 246 valence electrons. The van der Waals surface area contributed by atoms with Crippen LogP contribution < -0.4 is 0 Å². The lowest BCUT2D eigenvalue weighted by Crippen LogP contribution is -2.44. The average Bonchev–Trinajstić information content (AvgIpc) is 3.38. The minimum Gasteiger partial charge on any atom is -0.469 e. The number of halogens is 2. The average molecular weight is 644 g/mol. The molecule has 3 aromatic carbocycles. The first-order valence-electron chi connectivity index (χ1n) is 15.6. The molecule has 5 rings (SSSR count). The van der Waals surface area contributed by atoms with Crippen LogP contribution in [0.4, 0.5) is 8.78 Å². The third-order valence-electron chi connectivity index (χ3n) is 7.90. The summed E-state index contributed by atoms with van der Waals surface area (Å²) in [5.41, 5.74) is 4.16. The van der Waals surface area contributed by atoms with E-state index < -0.39 is 35.6 Å². The van der Waals surface area contributed by atoms with E-state index in [0.717, 1.165) is 5.56 Å². The van der Waals surface area contributed by atoms with E-state index in [0.29, 0.717) is 34.4 Å². The molecule has 4 aromatic rings. The van der Waals surface area contributed by atoms with E-state index in [1.54, 1.807) is 38.1 Å². The summed E-state index contributed by atoms with van der Waals surface area (Å²) in [7, 11) is 1.34. The van der Waals surface area contributed by atoms with Crippen molar-refractivity contribution in [3.63, 3.8) is 0 Å². The lowest BCUT2D eigenvalue weighted by molar-refractivity contribution is -0.290. The summed E-state index contributed by atoms with van der Waals surface area (Å²) >= 11 is 0. The highest BCUT2D eigenvalue weighted by Gasteiger charge is 2.36. The van der Waals surface area contributed by atoms with Gasteiger partial charge >= 0.3 is 11.9 Å². The van der Waals surface area contributed by atoms with Crippen molar-refractivity contribution in [2.24, 2.45) is 0 Å². The van der Waals surface area contributed by atoms with Crippen molar-refractivity contribution in [2.75, 3.05) is 7.11 Å². The Morgan fingerprint density at radius 3 is 2.09 bits per heavy atom. The Kier molecular flexibility index (Phi) is 10.4. The normalized spacial score (nSPS) is 17.6. The van der Waals surface area contributed by atoms with Crippen molar-refractivity contribution < 1.29 is 37.3 Å². The van der Waals surface area contributed by atoms with E-state index in [4.69, 9.17) is 18.9 Å². The molecule has 1 saturated heterocycles. The molecule has 9 heteroatoms. The first kappa shape index (κ1) is 33.8. The van der Waals surface area contributed by atoms with Crippen LogP contribution >= 0.6 is 0 Å². The summed E-state index contributed by atoms with van der Waals surface area (Å²) in [4.78, 5) is 26.2. The second-order valence-corrected chi connectivity index (χ2v) is 12.2. The van der Waals surface area contributed by atoms with Crippen molar-refractivity contribution in [3.8, 4) is 22.3 Å². The van der Waals surface area contributed by atoms with Gasteiger partial charge in [0.25, 0.3) is 0 Å². The molecule has 0 saturated carbocycles. The molecule has 0 aliphatic carbocycles. The number of esters is 2. The van der Waals surface area contributed by atoms with Gasteiger partial charge < -0.3 is 23.5 Å². The van der Waals surface area contributed by atoms with Crippen LogP contribution in [-0.4, -0.2) is 41.6 Å². The second-order valence-electron chi connectivity index (χ2n) is 12.2. The van der Waals surface area contributed by atoms with Gasteiger partial charge in [0.2, 0.25) is 0 Å². The van der Waals surface area contributed by atoms with Crippen LogP contribution in [0.1, 0.15) is 68.3 Å². The Morgan fingerprint density at radius 1 is 0.915 bits per heavy atom. The number of benzene rings is 3. The molecular formula is C38H39F2NO6. The summed E-state index contributed by atoms with van der Waals surface area (Å²) in [6.07, 6.45) is 3.33. The molecular weight excluding hydrogens is 604 g/mol. The van der Waals surface area contributed by atoms with Crippen LogP contribution in [0.3, 0.4) is 0 Å². The monoisotopic (exact) mass is 643 g/mol. The lowest BCUT2D eigenvalue weighted by atomic mass is 9.94. The van der Waals surface area contributed by atoms with Crippen LogP contribution in [0.15, 0.2) is 84.9 Å². The number of methoxy groups -OCH3 is 1. The number of hydrogen-bond acceptors (Lipinski definition) is 6. The Morgan fingerprint density at radius 2 is 1.51 bits per heavy atom. The van der Waals surface area contributed by atoms with Crippen molar-refractivity contribution >= 4 is 18.0 Å². The predicted molar refractivity (Wildman–Crippen MR) is 175 cm³/mol. The molecule has 0 unspecified atom stereocenters. The van der Waals surface area contributed by atoms with Gasteiger partial charge in [-0.25, -0.2) is 13.6 Å². The van der Waals surface area contributed by atoms with Gasteiger partial charge in [0.1, 0.15) is 23.9 Å². The van der Waals surface area contributed by atoms with E-state index in [1.165, 1.54) is 31.4 Å². The first-order valence-corrected chi connectivity index (χ1v) is 15.6. The molecule has 0 radical (unpaired) electrons. The third kappa shape index (κ3) is 8.04. The Bertz CT molecular complexity index is 1730. The maximum atomic E-state index is 14.2. The van der Waals surface area contributed by atoms with E-state index in [-0.39, 0.29) is 30.7 Å². The van der Waals surface area contributed by atoms with Gasteiger partial charge in [0, 0.05) is 29.3 Å². The number of hydrogen-bond donors (Lipinski definition) is 0. The lowest BCUT2D eigenvalue weighted by Gasteiger charge is -2.39. The number of carbonyl (C=O) groups excluding carboxylic acids is 2. The van der Waals surface area contributed by atoms with E-state index in [2.05, 4.69) is 0 Å². The molecule has 0 spiro atoms. The minimum absolute atomic E-state index is 0.0510. The number of carbonyl (C=O) groups is 2. The second kappa shape index (κ2) is 14.4. The highest BCUT2D eigenvalue weighted by Crippen LogP contribution is 2.43. The van der Waals surface area contributed by atoms with Crippen LogP contribution in [0, 0.1) is 11.6 Å². The van der Waals surface area contributed by atoms with Gasteiger partial charge in [-0.15, -0.1) is 0 Å². The highest BCUT2D eigenvalue weighted by molar-refractivity contribution is 6.04. The predicted octanol–water partition coefficient (Wildman–Crippen LogP) is 8.52. The standard InChI is InChI=1S/C38H39F2NO6/c1-24(2)41-32(20-19-30-21-31(22-33(42)44-5)47-38(3,4)46-30)34(26-11-15-28(39)16-12-26)35(27-13-17-29(40)18-14-27)36(41)37(43)45-23-25-9-7-6-8-10-25/h6-20,24,30-31H,21-23H2,1-5H3/t30-,31+/m0/s1. The summed E-state index contributed by atoms with van der Waals surface area (Å²) in [6, 6.07) is 21.1. The number of ether oxygens (including phenoxy) is 4. The molecule has 47 heavy (non-hydrogen) atoms. The third-order valence-corrected chi connectivity index (χ3v) is 7.90. The minimum atomic E-state index is -0.975. The van der Waals surface area contributed by atoms with Gasteiger partial charge in [0.05, 0.1) is 25.7 Å². The Hall–Kier alpha value is -4.60. The zero-order valence-electron chi connectivity index (χ0n) is 27.2. The quantitative estimate of drug-likeness (QED) is 0.161. The molecule has 0 amide bonds. The largest absolute Gasteiger partial charge is 0.469 e. The van der Waals surface area contributed by atoms with Crippen LogP contribution in [0.5, 0.6) is 0 Å². The molecule has 1 aromatic heterocycles. The molecule has 1 aliphatic rings. The fourth-order valence-electron chi connectivity index (χ4n) is 5.97. The van der Waals surface area contributed by atoms with Crippen molar-refractivity contribution in [1.29, 1.82) is 0 Å². The molecule has 1 fully saturated rings. The Labute approximate surface area is 273 Å². The molecule has 1 aliphatic heterocycles. The summed E-state index contributed by atoms with van der Waals surface area (Å²) in [5, 5.41) is 0. The van der Waals surface area contributed by atoms with E-state index in [9.17, 15) is 18.4 Å². The smallest absolute Gasteiger partial charge is 0.355 e. The van der Waals surface area contributed by atoms with Crippen molar-refractivity contribution in [3.05, 3.63) is 114 Å². The summed E-state index contributed by atoms with van der Waals surface area (Å²) < 4.78 is 53.2. The zero-order valence-corrected chi connectivity index (χ0v) is 27.2. The Balaban J connectivity index is 1.69. The molecule has 0 bridgehead atoms. The van der Waals surface area contributed by atoms with Gasteiger partial charge in [-0.2, -0.15) is 0 Å². The topological polar surface area (TPSA) is 76.0 Å². The summed E-state index contributed by atoms with van der Waals surface area (Å²) in [5.74, 6) is -2.75. The number of aromatic nitrogens is 1. The molecule has 7 nitrogen and oxygen atoms in total. The van der Waals surface area contributed by atoms with Crippen LogP contribution in [0.2, 0.25) is 0 Å². The van der Waals surface area contributed by atoms with Gasteiger partial charge in [-0.3, -0.25) is 4.79 Å². The van der Waals surface area contributed by atoms with Crippen LogP contribution in [-0.2, 0) is 30.3 Å². The number of nitrogens with zero attached hydrogens (tertiary/aromatic N) is 1. The molecule has 0 N–H and O–H groups in total. The van der Waals surface area contributed by atoms with Gasteiger partial charge in [0.15, 0.2) is 5.79 Å². The van der Waals surface area contributed by atoms with Gasteiger partial charge in [-0.1, -0.05) is 60.7 Å². The van der Waals surface area contributed by atoms with Crippen molar-refractivity contribution in [1.82, 2.24) is 4.57 Å².